The van der Waals surface area contributed by atoms with Gasteiger partial charge in [-0.3, -0.25) is 14.4 Å². The van der Waals surface area contributed by atoms with Crippen LogP contribution in [0.5, 0.6) is 0 Å². The Morgan fingerprint density at radius 3 is 2.61 bits per heavy atom. The minimum atomic E-state index is 0.176. The molecule has 1 amide bonds. The second kappa shape index (κ2) is 8.52. The van der Waals surface area contributed by atoms with E-state index in [1.807, 2.05) is 46.0 Å². The average Bonchev–Trinajstić information content (AvgIpc) is 3.10. The zero-order valence-corrected chi connectivity index (χ0v) is 17.0. The smallest absolute Gasteiger partial charge is 0.224 e. The van der Waals surface area contributed by atoms with Gasteiger partial charge in [-0.15, -0.1) is 0 Å². The predicted molar refractivity (Wildman–Crippen MR) is 113 cm³/mol. The molecule has 7 heteroatoms. The first-order valence-electron chi connectivity index (χ1n) is 9.45. The number of piperazine rings is 1. The van der Waals surface area contributed by atoms with Crippen LogP contribution in [0.3, 0.4) is 0 Å². The van der Waals surface area contributed by atoms with E-state index in [0.29, 0.717) is 18.0 Å². The van der Waals surface area contributed by atoms with E-state index in [-0.39, 0.29) is 5.91 Å². The fraction of sp³-hybridized carbons (Fsp3) is 0.333. The molecule has 0 unspecified atom stereocenters. The number of amides is 1. The van der Waals surface area contributed by atoms with Crippen molar-refractivity contribution in [3.63, 3.8) is 0 Å². The molecule has 1 aromatic heterocycles. The highest BCUT2D eigenvalue weighted by Gasteiger charge is 2.21. The SMILES string of the molecule is O=C(CCn1ncc2cc(Cl)ccc21)N1CCN(Cc2ccccc2Cl)CC1. The first kappa shape index (κ1) is 19.2. The van der Waals surface area contributed by atoms with Gasteiger partial charge in [-0.25, -0.2) is 0 Å². The Hall–Kier alpha value is -2.08. The van der Waals surface area contributed by atoms with Crippen LogP contribution >= 0.6 is 23.2 Å². The number of aryl methyl sites for hydroxylation is 1. The van der Waals surface area contributed by atoms with Crippen LogP contribution in [0.1, 0.15) is 12.0 Å². The molecule has 28 heavy (non-hydrogen) atoms. The molecule has 0 spiro atoms. The molecular formula is C21H22Cl2N4O. The Morgan fingerprint density at radius 2 is 1.82 bits per heavy atom. The summed E-state index contributed by atoms with van der Waals surface area (Å²) in [5.41, 5.74) is 2.14. The molecule has 146 valence electrons. The third-order valence-corrected chi connectivity index (χ3v) is 5.82. The summed E-state index contributed by atoms with van der Waals surface area (Å²) in [4.78, 5) is 16.9. The largest absolute Gasteiger partial charge is 0.340 e. The molecule has 2 aromatic carbocycles. The fourth-order valence-corrected chi connectivity index (χ4v) is 3.99. The van der Waals surface area contributed by atoms with E-state index >= 15 is 0 Å². The maximum absolute atomic E-state index is 12.6. The van der Waals surface area contributed by atoms with Gasteiger partial charge in [-0.1, -0.05) is 41.4 Å². The lowest BCUT2D eigenvalue weighted by Crippen LogP contribution is -2.48. The predicted octanol–water partition coefficient (Wildman–Crippen LogP) is 4.08. The normalized spacial score (nSPS) is 15.3. The molecule has 1 fully saturated rings. The molecule has 0 bridgehead atoms. The molecule has 5 nitrogen and oxygen atoms in total. The highest BCUT2D eigenvalue weighted by atomic mass is 35.5. The lowest BCUT2D eigenvalue weighted by molar-refractivity contribution is -0.133. The van der Waals surface area contributed by atoms with E-state index in [0.717, 1.165) is 54.2 Å². The van der Waals surface area contributed by atoms with E-state index in [1.54, 1.807) is 6.20 Å². The van der Waals surface area contributed by atoms with E-state index < -0.39 is 0 Å². The second-order valence-electron chi connectivity index (χ2n) is 7.07. The highest BCUT2D eigenvalue weighted by molar-refractivity contribution is 6.31. The third kappa shape index (κ3) is 4.32. The maximum atomic E-state index is 12.6. The van der Waals surface area contributed by atoms with Crippen molar-refractivity contribution in [2.24, 2.45) is 0 Å². The van der Waals surface area contributed by atoms with Crippen molar-refractivity contribution >= 4 is 40.0 Å². The highest BCUT2D eigenvalue weighted by Crippen LogP contribution is 2.20. The molecule has 3 aromatic rings. The zero-order valence-electron chi connectivity index (χ0n) is 15.5. The van der Waals surface area contributed by atoms with Crippen molar-refractivity contribution in [3.05, 3.63) is 64.3 Å². The van der Waals surface area contributed by atoms with E-state index in [9.17, 15) is 4.79 Å². The fourth-order valence-electron chi connectivity index (χ4n) is 3.62. The van der Waals surface area contributed by atoms with Crippen LogP contribution in [0.4, 0.5) is 0 Å². The summed E-state index contributed by atoms with van der Waals surface area (Å²) < 4.78 is 1.87. The molecule has 1 aliphatic rings. The number of nitrogens with zero attached hydrogens (tertiary/aromatic N) is 4. The van der Waals surface area contributed by atoms with Gasteiger partial charge >= 0.3 is 0 Å². The lowest BCUT2D eigenvalue weighted by atomic mass is 10.2. The summed E-state index contributed by atoms with van der Waals surface area (Å²) in [5, 5.41) is 6.87. The molecule has 0 saturated carbocycles. The first-order chi connectivity index (χ1) is 13.6. The first-order valence-corrected chi connectivity index (χ1v) is 10.2. The zero-order chi connectivity index (χ0) is 19.5. The summed E-state index contributed by atoms with van der Waals surface area (Å²) in [6.07, 6.45) is 2.24. The number of hydrogen-bond acceptors (Lipinski definition) is 3. The minimum absolute atomic E-state index is 0.176. The standard InChI is InChI=1S/C21H22Cl2N4O/c22-18-5-6-20-17(13-18)14-24-27(20)8-7-21(28)26-11-9-25(10-12-26)15-16-3-1-2-4-19(16)23/h1-6,13-14H,7-12,15H2. The van der Waals surface area contributed by atoms with Gasteiger partial charge in [-0.2, -0.15) is 5.10 Å². The van der Waals surface area contributed by atoms with Crippen LogP contribution in [0.25, 0.3) is 10.9 Å². The summed E-state index contributed by atoms with van der Waals surface area (Å²) in [6, 6.07) is 13.6. The Kier molecular flexibility index (Phi) is 5.85. The van der Waals surface area contributed by atoms with Crippen LogP contribution in [-0.4, -0.2) is 51.7 Å². The maximum Gasteiger partial charge on any atom is 0.224 e. The number of halogens is 2. The Labute approximate surface area is 174 Å². The van der Waals surface area contributed by atoms with E-state index in [4.69, 9.17) is 23.2 Å². The Morgan fingerprint density at radius 1 is 1.04 bits per heavy atom. The van der Waals surface area contributed by atoms with Gasteiger partial charge in [0.05, 0.1) is 18.3 Å². The molecule has 0 N–H and O–H groups in total. The quantitative estimate of drug-likeness (QED) is 0.628. The van der Waals surface area contributed by atoms with Gasteiger partial charge in [0.15, 0.2) is 0 Å². The molecule has 0 aliphatic carbocycles. The van der Waals surface area contributed by atoms with Gasteiger partial charge in [0.25, 0.3) is 0 Å². The number of benzene rings is 2. The van der Waals surface area contributed by atoms with Crippen molar-refractivity contribution in [1.82, 2.24) is 19.6 Å². The van der Waals surface area contributed by atoms with Crippen LogP contribution in [0, 0.1) is 0 Å². The van der Waals surface area contributed by atoms with Crippen molar-refractivity contribution in [2.75, 3.05) is 26.2 Å². The number of aromatic nitrogens is 2. The summed E-state index contributed by atoms with van der Waals surface area (Å²) in [5.74, 6) is 0.176. The third-order valence-electron chi connectivity index (χ3n) is 5.22. The average molecular weight is 417 g/mol. The molecule has 1 aliphatic heterocycles. The Balaban J connectivity index is 1.28. The van der Waals surface area contributed by atoms with Gasteiger partial charge in [0.1, 0.15) is 0 Å². The van der Waals surface area contributed by atoms with Crippen LogP contribution in [0.15, 0.2) is 48.7 Å². The number of hydrogen-bond donors (Lipinski definition) is 0. The monoisotopic (exact) mass is 416 g/mol. The van der Waals surface area contributed by atoms with Crippen LogP contribution in [0.2, 0.25) is 10.0 Å². The van der Waals surface area contributed by atoms with Gasteiger partial charge < -0.3 is 4.90 Å². The minimum Gasteiger partial charge on any atom is -0.340 e. The molecule has 0 radical (unpaired) electrons. The summed E-state index contributed by atoms with van der Waals surface area (Å²) in [7, 11) is 0. The topological polar surface area (TPSA) is 41.4 Å². The van der Waals surface area contributed by atoms with Crippen LogP contribution < -0.4 is 0 Å². The second-order valence-corrected chi connectivity index (χ2v) is 7.91. The Bertz CT molecular complexity index is 979. The molecule has 0 atom stereocenters. The number of fused-ring (bicyclic) bond motifs is 1. The lowest BCUT2D eigenvalue weighted by Gasteiger charge is -2.35. The van der Waals surface area contributed by atoms with Crippen molar-refractivity contribution < 1.29 is 4.79 Å². The number of carbonyl (C=O) groups excluding carboxylic acids is 1. The number of carbonyl (C=O) groups is 1. The van der Waals surface area contributed by atoms with E-state index in [1.165, 1.54) is 0 Å². The summed E-state index contributed by atoms with van der Waals surface area (Å²) in [6.45, 7) is 4.62. The van der Waals surface area contributed by atoms with Crippen LogP contribution in [-0.2, 0) is 17.9 Å². The molecule has 4 rings (SSSR count). The molecular weight excluding hydrogens is 395 g/mol. The number of rotatable bonds is 5. The van der Waals surface area contributed by atoms with E-state index in [2.05, 4.69) is 16.1 Å². The van der Waals surface area contributed by atoms with Gasteiger partial charge in [0.2, 0.25) is 5.91 Å². The van der Waals surface area contributed by atoms with Gasteiger partial charge in [-0.05, 0) is 29.8 Å². The van der Waals surface area contributed by atoms with Crippen molar-refractivity contribution in [2.45, 2.75) is 19.5 Å². The van der Waals surface area contributed by atoms with Gasteiger partial charge in [0, 0.05) is 54.6 Å². The summed E-state index contributed by atoms with van der Waals surface area (Å²) >= 11 is 12.3. The van der Waals surface area contributed by atoms with Crippen molar-refractivity contribution in [3.8, 4) is 0 Å². The molecule has 1 saturated heterocycles. The molecule has 2 heterocycles. The van der Waals surface area contributed by atoms with Crippen molar-refractivity contribution in [1.29, 1.82) is 0 Å².